The number of nitrogens with zero attached hydrogens (tertiary/aromatic N) is 2. The van der Waals surface area contributed by atoms with Gasteiger partial charge in [0.2, 0.25) is 0 Å². The lowest BCUT2D eigenvalue weighted by Gasteiger charge is -2.10. The molecule has 1 rings (SSSR count). The third-order valence-electron chi connectivity index (χ3n) is 1.88. The zero-order valence-electron chi connectivity index (χ0n) is 8.43. The molecule has 0 atom stereocenters. The topological polar surface area (TPSA) is 89.5 Å². The molecule has 0 saturated carbocycles. The lowest BCUT2D eigenvalue weighted by atomic mass is 10.1. The van der Waals surface area contributed by atoms with Crippen LogP contribution in [0.4, 0.5) is 11.4 Å². The van der Waals surface area contributed by atoms with E-state index in [1.165, 1.54) is 23.1 Å². The molecule has 0 saturated heterocycles. The first-order valence-electron chi connectivity index (χ1n) is 4.19. The van der Waals surface area contributed by atoms with Crippen molar-refractivity contribution in [1.29, 1.82) is 0 Å². The number of benzene rings is 1. The fraction of sp³-hybridized carbons (Fsp3) is 0.222. The summed E-state index contributed by atoms with van der Waals surface area (Å²) in [5.74, 6) is -0.239. The molecule has 0 radical (unpaired) electrons. The highest BCUT2D eigenvalue weighted by molar-refractivity contribution is 5.95. The molecular weight excluding hydrogens is 198 g/mol. The summed E-state index contributed by atoms with van der Waals surface area (Å²) < 4.78 is 0. The van der Waals surface area contributed by atoms with Crippen LogP contribution >= 0.6 is 0 Å². The summed E-state index contributed by atoms with van der Waals surface area (Å²) in [5.41, 5.74) is 5.59. The smallest absolute Gasteiger partial charge is 0.292 e. The second-order valence-electron chi connectivity index (χ2n) is 3.23. The van der Waals surface area contributed by atoms with E-state index in [0.717, 1.165) is 0 Å². The zero-order chi connectivity index (χ0) is 11.6. The van der Waals surface area contributed by atoms with Gasteiger partial charge in [-0.1, -0.05) is 0 Å². The Hall–Kier alpha value is -2.11. The fourth-order valence-electron chi connectivity index (χ4n) is 1.11. The van der Waals surface area contributed by atoms with Crippen molar-refractivity contribution in [2.24, 2.45) is 0 Å². The van der Waals surface area contributed by atoms with E-state index in [1.54, 1.807) is 14.1 Å². The molecule has 1 aromatic carbocycles. The standard InChI is InChI=1S/C9H11N3O3/c1-11(2)9(13)6-3-4-8(12(14)15)7(10)5-6/h3-5H,10H2,1-2H3. The van der Waals surface area contributed by atoms with Gasteiger partial charge in [-0.15, -0.1) is 0 Å². The molecule has 0 unspecified atom stereocenters. The SMILES string of the molecule is CN(C)C(=O)c1ccc([N+](=O)[O-])c(N)c1. The molecular formula is C9H11N3O3. The first-order valence-corrected chi connectivity index (χ1v) is 4.19. The van der Waals surface area contributed by atoms with Gasteiger partial charge in [0.05, 0.1) is 4.92 Å². The Labute approximate surface area is 86.4 Å². The number of amides is 1. The average Bonchev–Trinajstić information content (AvgIpc) is 2.15. The Morgan fingerprint density at radius 1 is 1.47 bits per heavy atom. The number of hydrogen-bond acceptors (Lipinski definition) is 4. The Bertz CT molecular complexity index is 415. The van der Waals surface area contributed by atoms with Gasteiger partial charge in [-0.2, -0.15) is 0 Å². The van der Waals surface area contributed by atoms with Gasteiger partial charge in [-0.05, 0) is 12.1 Å². The molecule has 1 amide bonds. The fourth-order valence-corrected chi connectivity index (χ4v) is 1.11. The van der Waals surface area contributed by atoms with E-state index >= 15 is 0 Å². The van der Waals surface area contributed by atoms with E-state index < -0.39 is 4.92 Å². The lowest BCUT2D eigenvalue weighted by molar-refractivity contribution is -0.383. The molecule has 0 fully saturated rings. The Kier molecular flexibility index (Phi) is 2.89. The number of carbonyl (C=O) groups excluding carboxylic acids is 1. The van der Waals surface area contributed by atoms with Crippen LogP contribution in [0.5, 0.6) is 0 Å². The number of carbonyl (C=O) groups is 1. The van der Waals surface area contributed by atoms with E-state index in [-0.39, 0.29) is 17.3 Å². The van der Waals surface area contributed by atoms with E-state index in [0.29, 0.717) is 5.56 Å². The predicted molar refractivity (Wildman–Crippen MR) is 55.5 cm³/mol. The van der Waals surface area contributed by atoms with Gasteiger partial charge in [0.25, 0.3) is 11.6 Å². The van der Waals surface area contributed by atoms with E-state index in [1.807, 2.05) is 0 Å². The van der Waals surface area contributed by atoms with Gasteiger partial charge in [-0.3, -0.25) is 14.9 Å². The normalized spacial score (nSPS) is 9.73. The molecule has 0 aliphatic rings. The van der Waals surface area contributed by atoms with E-state index in [2.05, 4.69) is 0 Å². The summed E-state index contributed by atoms with van der Waals surface area (Å²) in [6.45, 7) is 0. The van der Waals surface area contributed by atoms with Crippen molar-refractivity contribution in [1.82, 2.24) is 4.90 Å². The highest BCUT2D eigenvalue weighted by Gasteiger charge is 2.15. The first-order chi connectivity index (χ1) is 6.93. The summed E-state index contributed by atoms with van der Waals surface area (Å²) in [7, 11) is 3.19. The monoisotopic (exact) mass is 209 g/mol. The Morgan fingerprint density at radius 2 is 2.07 bits per heavy atom. The lowest BCUT2D eigenvalue weighted by Crippen LogP contribution is -2.21. The van der Waals surface area contributed by atoms with Crippen LogP contribution in [0.15, 0.2) is 18.2 Å². The highest BCUT2D eigenvalue weighted by atomic mass is 16.6. The summed E-state index contributed by atoms with van der Waals surface area (Å²) in [5, 5.41) is 10.5. The number of nitro benzene ring substituents is 1. The number of nitrogen functional groups attached to an aromatic ring is 1. The Balaban J connectivity index is 3.12. The Morgan fingerprint density at radius 3 is 2.47 bits per heavy atom. The summed E-state index contributed by atoms with van der Waals surface area (Å²) in [4.78, 5) is 22.7. The molecule has 0 heterocycles. The van der Waals surface area contributed by atoms with Gasteiger partial charge < -0.3 is 10.6 Å². The maximum atomic E-state index is 11.5. The third-order valence-corrected chi connectivity index (χ3v) is 1.88. The minimum atomic E-state index is -0.584. The van der Waals surface area contributed by atoms with Crippen LogP contribution in [-0.4, -0.2) is 29.8 Å². The van der Waals surface area contributed by atoms with Gasteiger partial charge in [0.15, 0.2) is 0 Å². The van der Waals surface area contributed by atoms with Gasteiger partial charge in [0, 0.05) is 25.7 Å². The first kappa shape index (κ1) is 11.0. The molecule has 2 N–H and O–H groups in total. The quantitative estimate of drug-likeness (QED) is 0.444. The van der Waals surface area contributed by atoms with Crippen LogP contribution in [0.25, 0.3) is 0 Å². The van der Waals surface area contributed by atoms with Crippen molar-refractivity contribution in [3.63, 3.8) is 0 Å². The van der Waals surface area contributed by atoms with Gasteiger partial charge in [0.1, 0.15) is 5.69 Å². The second-order valence-corrected chi connectivity index (χ2v) is 3.23. The number of rotatable bonds is 2. The number of anilines is 1. The largest absolute Gasteiger partial charge is 0.393 e. The number of nitro groups is 1. The number of hydrogen-bond donors (Lipinski definition) is 1. The van der Waals surface area contributed by atoms with Crippen molar-refractivity contribution in [3.8, 4) is 0 Å². The van der Waals surface area contributed by atoms with Gasteiger partial charge in [-0.25, -0.2) is 0 Å². The summed E-state index contributed by atoms with van der Waals surface area (Å²) in [6.07, 6.45) is 0. The zero-order valence-corrected chi connectivity index (χ0v) is 8.43. The number of nitrogens with two attached hydrogens (primary N) is 1. The molecule has 0 aromatic heterocycles. The molecule has 0 aliphatic carbocycles. The van der Waals surface area contributed by atoms with Crippen LogP contribution in [0.3, 0.4) is 0 Å². The van der Waals surface area contributed by atoms with Crippen LogP contribution in [0.1, 0.15) is 10.4 Å². The summed E-state index contributed by atoms with van der Waals surface area (Å²) in [6, 6.07) is 3.92. The second kappa shape index (κ2) is 3.95. The molecule has 6 nitrogen and oxygen atoms in total. The third kappa shape index (κ3) is 2.22. The molecule has 1 aromatic rings. The van der Waals surface area contributed by atoms with Crippen molar-refractivity contribution >= 4 is 17.3 Å². The van der Waals surface area contributed by atoms with Crippen molar-refractivity contribution in [3.05, 3.63) is 33.9 Å². The van der Waals surface area contributed by atoms with E-state index in [9.17, 15) is 14.9 Å². The van der Waals surface area contributed by atoms with E-state index in [4.69, 9.17) is 5.73 Å². The molecule has 0 bridgehead atoms. The van der Waals surface area contributed by atoms with Crippen molar-refractivity contribution < 1.29 is 9.72 Å². The highest BCUT2D eigenvalue weighted by Crippen LogP contribution is 2.22. The van der Waals surface area contributed by atoms with Crippen molar-refractivity contribution in [2.75, 3.05) is 19.8 Å². The van der Waals surface area contributed by atoms with Crippen LogP contribution in [0.2, 0.25) is 0 Å². The molecule has 80 valence electrons. The molecule has 15 heavy (non-hydrogen) atoms. The predicted octanol–water partition coefficient (Wildman–Crippen LogP) is 0.879. The molecule has 0 spiro atoms. The summed E-state index contributed by atoms with van der Waals surface area (Å²) >= 11 is 0. The maximum Gasteiger partial charge on any atom is 0.292 e. The van der Waals surface area contributed by atoms with Gasteiger partial charge >= 0.3 is 0 Å². The minimum Gasteiger partial charge on any atom is -0.393 e. The van der Waals surface area contributed by atoms with Crippen LogP contribution in [0, 0.1) is 10.1 Å². The average molecular weight is 209 g/mol. The van der Waals surface area contributed by atoms with Crippen molar-refractivity contribution in [2.45, 2.75) is 0 Å². The molecule has 6 heteroatoms. The van der Waals surface area contributed by atoms with Crippen LogP contribution in [-0.2, 0) is 0 Å². The molecule has 0 aliphatic heterocycles. The van der Waals surface area contributed by atoms with Crippen LogP contribution < -0.4 is 5.73 Å². The minimum absolute atomic E-state index is 0.00676. The maximum absolute atomic E-state index is 11.5.